The van der Waals surface area contributed by atoms with Crippen LogP contribution < -0.4 is 15.4 Å². The third-order valence-corrected chi connectivity index (χ3v) is 8.10. The number of nitrogens with zero attached hydrogens (tertiary/aromatic N) is 4. The summed E-state index contributed by atoms with van der Waals surface area (Å²) in [6.45, 7) is 1.74. The van der Waals surface area contributed by atoms with Gasteiger partial charge in [0.05, 0.1) is 18.0 Å². The highest BCUT2D eigenvalue weighted by Gasteiger charge is 2.51. The Balaban J connectivity index is 1.19. The van der Waals surface area contributed by atoms with E-state index in [0.29, 0.717) is 5.16 Å². The van der Waals surface area contributed by atoms with Gasteiger partial charge in [0.1, 0.15) is 5.75 Å². The van der Waals surface area contributed by atoms with Gasteiger partial charge in [0.2, 0.25) is 11.1 Å². The van der Waals surface area contributed by atoms with Gasteiger partial charge in [-0.15, -0.1) is 5.10 Å². The van der Waals surface area contributed by atoms with E-state index in [4.69, 9.17) is 4.74 Å². The number of carbonyl (C=O) groups is 2. The van der Waals surface area contributed by atoms with Crippen molar-refractivity contribution < 1.29 is 14.3 Å². The van der Waals surface area contributed by atoms with Crippen LogP contribution in [0, 0.1) is 17.8 Å². The number of hydrogen-bond acceptors (Lipinski definition) is 7. The summed E-state index contributed by atoms with van der Waals surface area (Å²) in [7, 11) is 1.60. The number of ether oxygens (including phenoxy) is 1. The molecule has 170 valence electrons. The van der Waals surface area contributed by atoms with Crippen molar-refractivity contribution in [2.24, 2.45) is 17.8 Å². The zero-order valence-electron chi connectivity index (χ0n) is 18.3. The number of methoxy groups -OCH3 is 1. The lowest BCUT2D eigenvalue weighted by molar-refractivity contribution is -0.119. The summed E-state index contributed by atoms with van der Waals surface area (Å²) in [5.74, 6) is 2.55. The van der Waals surface area contributed by atoms with Crippen LogP contribution in [0.25, 0.3) is 5.69 Å². The van der Waals surface area contributed by atoms with Gasteiger partial charge in [-0.05, 0) is 97.9 Å². The molecular weight excluding hydrogens is 428 g/mol. The van der Waals surface area contributed by atoms with Crippen molar-refractivity contribution in [3.05, 3.63) is 24.3 Å². The van der Waals surface area contributed by atoms with Crippen LogP contribution in [0.5, 0.6) is 5.75 Å². The van der Waals surface area contributed by atoms with Crippen molar-refractivity contribution >= 4 is 23.7 Å². The summed E-state index contributed by atoms with van der Waals surface area (Å²) in [5.41, 5.74) is 0.624. The number of hydrogen-bond donors (Lipinski definition) is 2. The number of amides is 3. The molecule has 4 fully saturated rings. The summed E-state index contributed by atoms with van der Waals surface area (Å²) in [6.07, 6.45) is 7.04. The molecule has 9 nitrogen and oxygen atoms in total. The first kappa shape index (κ1) is 21.2. The fraction of sp³-hybridized carbons (Fsp3) is 0.591. The maximum absolute atomic E-state index is 12.7. The molecule has 2 aromatic rings. The van der Waals surface area contributed by atoms with E-state index in [1.165, 1.54) is 31.0 Å². The molecule has 0 saturated heterocycles. The zero-order valence-corrected chi connectivity index (χ0v) is 19.1. The monoisotopic (exact) mass is 456 g/mol. The number of carbonyl (C=O) groups excluding carboxylic acids is 2. The van der Waals surface area contributed by atoms with E-state index in [0.717, 1.165) is 48.5 Å². The van der Waals surface area contributed by atoms with Crippen LogP contribution in [0.3, 0.4) is 0 Å². The molecule has 1 heterocycles. The number of nitrogens with one attached hydrogen (secondary N) is 2. The van der Waals surface area contributed by atoms with Gasteiger partial charge >= 0.3 is 6.03 Å². The Morgan fingerprint density at radius 3 is 2.34 bits per heavy atom. The van der Waals surface area contributed by atoms with Crippen molar-refractivity contribution in [2.75, 3.05) is 7.11 Å². The van der Waals surface area contributed by atoms with Crippen LogP contribution in [0.1, 0.15) is 45.4 Å². The summed E-state index contributed by atoms with van der Waals surface area (Å²) in [6, 6.07) is 6.91. The van der Waals surface area contributed by atoms with Gasteiger partial charge < -0.3 is 10.1 Å². The molecule has 0 aliphatic heterocycles. The largest absolute Gasteiger partial charge is 0.497 e. The smallest absolute Gasteiger partial charge is 0.321 e. The van der Waals surface area contributed by atoms with Crippen molar-refractivity contribution in [3.63, 3.8) is 0 Å². The zero-order chi connectivity index (χ0) is 22.3. The average molecular weight is 457 g/mol. The van der Waals surface area contributed by atoms with Crippen LogP contribution in [0.2, 0.25) is 0 Å². The number of tetrazole rings is 1. The Bertz CT molecular complexity index is 972. The minimum Gasteiger partial charge on any atom is -0.497 e. The van der Waals surface area contributed by atoms with E-state index < -0.39 is 5.25 Å². The van der Waals surface area contributed by atoms with Gasteiger partial charge in [0.25, 0.3) is 0 Å². The molecule has 0 spiro atoms. The second kappa shape index (κ2) is 8.38. The van der Waals surface area contributed by atoms with Crippen LogP contribution in [0.15, 0.2) is 29.4 Å². The van der Waals surface area contributed by atoms with Gasteiger partial charge in [-0.1, -0.05) is 11.8 Å². The Hall–Kier alpha value is -2.62. The van der Waals surface area contributed by atoms with Gasteiger partial charge in [-0.3, -0.25) is 10.1 Å². The number of benzene rings is 1. The normalized spacial score (nSPS) is 28.9. The van der Waals surface area contributed by atoms with Crippen molar-refractivity contribution in [2.45, 2.75) is 61.4 Å². The highest BCUT2D eigenvalue weighted by atomic mass is 32.2. The lowest BCUT2D eigenvalue weighted by Crippen LogP contribution is -2.62. The molecule has 4 aliphatic carbocycles. The van der Waals surface area contributed by atoms with Crippen molar-refractivity contribution in [3.8, 4) is 11.4 Å². The summed E-state index contributed by atoms with van der Waals surface area (Å²) >= 11 is 1.21. The van der Waals surface area contributed by atoms with E-state index in [-0.39, 0.29) is 17.5 Å². The first-order valence-electron chi connectivity index (χ1n) is 11.2. The van der Waals surface area contributed by atoms with Gasteiger partial charge in [-0.25, -0.2) is 4.79 Å². The van der Waals surface area contributed by atoms with Gasteiger partial charge in [0, 0.05) is 5.54 Å². The first-order chi connectivity index (χ1) is 15.4. The fourth-order valence-corrected chi connectivity index (χ4v) is 6.91. The number of rotatable bonds is 6. The van der Waals surface area contributed by atoms with E-state index in [1.54, 1.807) is 18.7 Å². The second-order valence-corrected chi connectivity index (χ2v) is 10.8. The number of urea groups is 1. The van der Waals surface area contributed by atoms with Crippen LogP contribution in [0.4, 0.5) is 4.79 Å². The lowest BCUT2D eigenvalue weighted by atomic mass is 9.53. The summed E-state index contributed by atoms with van der Waals surface area (Å²) in [5, 5.41) is 17.4. The van der Waals surface area contributed by atoms with E-state index in [2.05, 4.69) is 26.2 Å². The minimum absolute atomic E-state index is 0.131. The molecule has 2 N–H and O–H groups in total. The Kier molecular flexibility index (Phi) is 5.56. The quantitative estimate of drug-likeness (QED) is 0.643. The molecule has 1 atom stereocenters. The molecule has 10 heteroatoms. The molecule has 4 bridgehead atoms. The first-order valence-corrected chi connectivity index (χ1v) is 12.0. The highest BCUT2D eigenvalue weighted by Crippen LogP contribution is 2.55. The van der Waals surface area contributed by atoms with Gasteiger partial charge in [0.15, 0.2) is 0 Å². The second-order valence-electron chi connectivity index (χ2n) is 9.47. The van der Waals surface area contributed by atoms with Crippen LogP contribution in [-0.2, 0) is 4.79 Å². The van der Waals surface area contributed by atoms with E-state index in [1.807, 2.05) is 24.3 Å². The minimum atomic E-state index is -0.542. The molecule has 4 saturated carbocycles. The number of aromatic nitrogens is 4. The Morgan fingerprint density at radius 2 is 1.75 bits per heavy atom. The van der Waals surface area contributed by atoms with Crippen molar-refractivity contribution in [1.82, 2.24) is 30.8 Å². The topological polar surface area (TPSA) is 111 Å². The van der Waals surface area contributed by atoms with E-state index in [9.17, 15) is 9.59 Å². The molecule has 0 radical (unpaired) electrons. The Morgan fingerprint density at radius 1 is 1.12 bits per heavy atom. The standard InChI is InChI=1S/C22H28N6O3S/c1-13(32-21-25-26-27-28(21)17-3-5-18(31-2)6-4-17)19(29)23-20(30)24-22-10-14-7-15(11-22)9-16(8-14)12-22/h3-6,13-16H,7-12H2,1-2H3,(H2,23,24,29,30). The molecule has 1 aromatic carbocycles. The van der Waals surface area contributed by atoms with Crippen LogP contribution >= 0.6 is 11.8 Å². The number of thioether (sulfide) groups is 1. The molecular formula is C22H28N6O3S. The van der Waals surface area contributed by atoms with Gasteiger partial charge in [-0.2, -0.15) is 4.68 Å². The molecule has 6 rings (SSSR count). The summed E-state index contributed by atoms with van der Waals surface area (Å²) in [4.78, 5) is 25.4. The van der Waals surface area contributed by atoms with Crippen molar-refractivity contribution in [1.29, 1.82) is 0 Å². The maximum Gasteiger partial charge on any atom is 0.321 e. The molecule has 32 heavy (non-hydrogen) atoms. The molecule has 1 unspecified atom stereocenters. The third kappa shape index (κ3) is 4.20. The average Bonchev–Trinajstić information content (AvgIpc) is 3.20. The molecule has 3 amide bonds. The predicted octanol–water partition coefficient (Wildman–Crippen LogP) is 2.95. The predicted molar refractivity (Wildman–Crippen MR) is 119 cm³/mol. The SMILES string of the molecule is COc1ccc(-n2nnnc2SC(C)C(=O)NC(=O)NC23CC4CC(CC(C4)C2)C3)cc1. The third-order valence-electron chi connectivity index (χ3n) is 7.06. The van der Waals surface area contributed by atoms with Crippen LogP contribution in [-0.4, -0.2) is 50.0 Å². The molecule has 4 aliphatic rings. The summed E-state index contributed by atoms with van der Waals surface area (Å²) < 4.78 is 6.74. The Labute approximate surface area is 191 Å². The number of imide groups is 1. The maximum atomic E-state index is 12.7. The highest BCUT2D eigenvalue weighted by molar-refractivity contribution is 8.00. The van der Waals surface area contributed by atoms with E-state index >= 15 is 0 Å². The molecule has 1 aromatic heterocycles. The fourth-order valence-electron chi connectivity index (χ4n) is 6.10. The lowest BCUT2D eigenvalue weighted by Gasteiger charge is -2.56.